The van der Waals surface area contributed by atoms with Crippen LogP contribution < -0.4 is 5.32 Å². The zero-order chi connectivity index (χ0) is 14.3. The van der Waals surface area contributed by atoms with Crippen LogP contribution in [0.3, 0.4) is 0 Å². The molecule has 0 radical (unpaired) electrons. The summed E-state index contributed by atoms with van der Waals surface area (Å²) in [6.45, 7) is 8.13. The number of nitrogens with zero attached hydrogens (tertiary/aromatic N) is 2. The van der Waals surface area contributed by atoms with Crippen molar-refractivity contribution in [3.63, 3.8) is 0 Å². The first-order valence-electron chi connectivity index (χ1n) is 7.39. The second kappa shape index (κ2) is 7.49. The first-order valence-corrected chi connectivity index (χ1v) is 7.39. The first-order chi connectivity index (χ1) is 9.01. The topological polar surface area (TPSA) is 56.1 Å². The van der Waals surface area contributed by atoms with E-state index in [1.54, 1.807) is 4.90 Å². The van der Waals surface area contributed by atoms with Crippen LogP contribution in [0.1, 0.15) is 52.9 Å². The molecule has 4 nitrogen and oxygen atoms in total. The van der Waals surface area contributed by atoms with E-state index in [0.717, 1.165) is 6.42 Å². The largest absolute Gasteiger partial charge is 0.341 e. The molecular formula is C15H27N3O. The third-order valence-corrected chi connectivity index (χ3v) is 4.23. The average molecular weight is 265 g/mol. The Kier molecular flexibility index (Phi) is 6.30. The van der Waals surface area contributed by atoms with Gasteiger partial charge in [0.25, 0.3) is 0 Å². The standard InChI is InChI=1S/C15H27N3O/c1-4-18(11-7-10-16)14(19)12-17-13-8-5-6-9-15(13,2)3/h13,17H,4-9,11-12H2,1-3H3/t13-/m1/s1. The normalized spacial score (nSPS) is 21.7. The molecule has 0 heterocycles. The van der Waals surface area contributed by atoms with Crippen molar-refractivity contribution in [2.45, 2.75) is 58.9 Å². The molecule has 1 atom stereocenters. The summed E-state index contributed by atoms with van der Waals surface area (Å²) in [6, 6.07) is 2.52. The lowest BCUT2D eigenvalue weighted by molar-refractivity contribution is -0.130. The second-order valence-electron chi connectivity index (χ2n) is 6.05. The van der Waals surface area contributed by atoms with E-state index in [1.807, 2.05) is 6.92 Å². The van der Waals surface area contributed by atoms with Gasteiger partial charge in [-0.3, -0.25) is 4.79 Å². The minimum Gasteiger partial charge on any atom is -0.341 e. The van der Waals surface area contributed by atoms with E-state index < -0.39 is 0 Å². The fourth-order valence-electron chi connectivity index (χ4n) is 2.84. The fourth-order valence-corrected chi connectivity index (χ4v) is 2.84. The summed E-state index contributed by atoms with van der Waals surface area (Å²) in [7, 11) is 0. The van der Waals surface area contributed by atoms with Crippen LogP contribution in [-0.2, 0) is 4.79 Å². The molecule has 1 aliphatic carbocycles. The van der Waals surface area contributed by atoms with Crippen molar-refractivity contribution in [2.75, 3.05) is 19.6 Å². The van der Waals surface area contributed by atoms with Crippen LogP contribution in [0.2, 0.25) is 0 Å². The number of likely N-dealkylation sites (N-methyl/N-ethyl adjacent to an activating group) is 1. The maximum Gasteiger partial charge on any atom is 0.236 e. The summed E-state index contributed by atoms with van der Waals surface area (Å²) in [4.78, 5) is 13.8. The zero-order valence-corrected chi connectivity index (χ0v) is 12.5. The van der Waals surface area contributed by atoms with Gasteiger partial charge >= 0.3 is 0 Å². The Morgan fingerprint density at radius 3 is 2.79 bits per heavy atom. The number of nitrogens with one attached hydrogen (secondary N) is 1. The lowest BCUT2D eigenvalue weighted by Crippen LogP contribution is -2.48. The van der Waals surface area contributed by atoms with E-state index in [2.05, 4.69) is 25.2 Å². The highest BCUT2D eigenvalue weighted by molar-refractivity contribution is 5.78. The highest BCUT2D eigenvalue weighted by Crippen LogP contribution is 2.35. The molecule has 1 rings (SSSR count). The molecule has 0 bridgehead atoms. The predicted molar refractivity (Wildman–Crippen MR) is 76.5 cm³/mol. The van der Waals surface area contributed by atoms with Crippen LogP contribution in [0.4, 0.5) is 0 Å². The zero-order valence-electron chi connectivity index (χ0n) is 12.5. The number of carbonyl (C=O) groups excluding carboxylic acids is 1. The van der Waals surface area contributed by atoms with Crippen molar-refractivity contribution in [3.8, 4) is 6.07 Å². The third-order valence-electron chi connectivity index (χ3n) is 4.23. The Morgan fingerprint density at radius 1 is 1.47 bits per heavy atom. The molecule has 1 fully saturated rings. The van der Waals surface area contributed by atoms with Gasteiger partial charge in [-0.1, -0.05) is 26.7 Å². The molecule has 1 N–H and O–H groups in total. The van der Waals surface area contributed by atoms with Crippen LogP contribution in [-0.4, -0.2) is 36.5 Å². The van der Waals surface area contributed by atoms with Crippen molar-refractivity contribution in [2.24, 2.45) is 5.41 Å². The minimum atomic E-state index is 0.110. The van der Waals surface area contributed by atoms with E-state index in [9.17, 15) is 4.79 Å². The molecule has 19 heavy (non-hydrogen) atoms. The Labute approximate surface area is 117 Å². The Bertz CT molecular complexity index is 333. The number of rotatable bonds is 6. The summed E-state index contributed by atoms with van der Waals surface area (Å²) in [5.74, 6) is 0.110. The van der Waals surface area contributed by atoms with E-state index in [1.165, 1.54) is 19.3 Å². The smallest absolute Gasteiger partial charge is 0.236 e. The first kappa shape index (κ1) is 16.0. The van der Waals surface area contributed by atoms with Crippen molar-refractivity contribution >= 4 is 5.91 Å². The highest BCUT2D eigenvalue weighted by Gasteiger charge is 2.32. The van der Waals surface area contributed by atoms with Gasteiger partial charge in [0.15, 0.2) is 0 Å². The molecule has 0 spiro atoms. The van der Waals surface area contributed by atoms with Gasteiger partial charge in [-0.25, -0.2) is 0 Å². The Balaban J connectivity index is 2.42. The van der Waals surface area contributed by atoms with Gasteiger partial charge in [0.05, 0.1) is 19.0 Å². The van der Waals surface area contributed by atoms with Gasteiger partial charge in [0, 0.05) is 19.1 Å². The molecule has 0 aromatic carbocycles. The number of carbonyl (C=O) groups is 1. The highest BCUT2D eigenvalue weighted by atomic mass is 16.2. The molecule has 0 aromatic rings. The van der Waals surface area contributed by atoms with E-state index in [4.69, 9.17) is 5.26 Å². The quantitative estimate of drug-likeness (QED) is 0.801. The fraction of sp³-hybridized carbons (Fsp3) is 0.867. The van der Waals surface area contributed by atoms with Gasteiger partial charge in [-0.2, -0.15) is 5.26 Å². The van der Waals surface area contributed by atoms with Gasteiger partial charge < -0.3 is 10.2 Å². The molecular weight excluding hydrogens is 238 g/mol. The SMILES string of the molecule is CCN(CCC#N)C(=O)CN[C@@H]1CCCCC1(C)C. The Hall–Kier alpha value is -1.08. The van der Waals surface area contributed by atoms with E-state index in [-0.39, 0.29) is 11.3 Å². The van der Waals surface area contributed by atoms with Gasteiger partial charge in [-0.05, 0) is 25.2 Å². The molecule has 1 aliphatic rings. The van der Waals surface area contributed by atoms with Crippen molar-refractivity contribution in [3.05, 3.63) is 0 Å². The molecule has 0 unspecified atom stereocenters. The van der Waals surface area contributed by atoms with Gasteiger partial charge in [-0.15, -0.1) is 0 Å². The molecule has 1 amide bonds. The molecule has 0 aliphatic heterocycles. The van der Waals surface area contributed by atoms with E-state index in [0.29, 0.717) is 32.1 Å². The monoisotopic (exact) mass is 265 g/mol. The van der Waals surface area contributed by atoms with Crippen LogP contribution in [0.15, 0.2) is 0 Å². The third kappa shape index (κ3) is 4.83. The van der Waals surface area contributed by atoms with E-state index >= 15 is 0 Å². The van der Waals surface area contributed by atoms with Gasteiger partial charge in [0.2, 0.25) is 5.91 Å². The summed E-state index contributed by atoms with van der Waals surface area (Å²) in [5.41, 5.74) is 0.280. The lowest BCUT2D eigenvalue weighted by Gasteiger charge is -2.39. The molecule has 0 saturated heterocycles. The summed E-state index contributed by atoms with van der Waals surface area (Å²) < 4.78 is 0. The van der Waals surface area contributed by atoms with Crippen molar-refractivity contribution in [1.82, 2.24) is 10.2 Å². The van der Waals surface area contributed by atoms with Gasteiger partial charge in [0.1, 0.15) is 0 Å². The lowest BCUT2D eigenvalue weighted by atomic mass is 9.73. The maximum absolute atomic E-state index is 12.1. The summed E-state index contributed by atoms with van der Waals surface area (Å²) in [5, 5.41) is 12.0. The number of hydrogen-bond acceptors (Lipinski definition) is 3. The molecule has 4 heteroatoms. The minimum absolute atomic E-state index is 0.110. The number of amides is 1. The Morgan fingerprint density at radius 2 is 2.21 bits per heavy atom. The predicted octanol–water partition coefficient (Wildman–Crippen LogP) is 2.31. The van der Waals surface area contributed by atoms with Crippen molar-refractivity contribution < 1.29 is 4.79 Å². The average Bonchev–Trinajstić information content (AvgIpc) is 2.38. The number of hydrogen-bond donors (Lipinski definition) is 1. The van der Waals surface area contributed by atoms with Crippen LogP contribution in [0.25, 0.3) is 0 Å². The van der Waals surface area contributed by atoms with Crippen molar-refractivity contribution in [1.29, 1.82) is 5.26 Å². The summed E-state index contributed by atoms with van der Waals surface area (Å²) in [6.07, 6.45) is 5.34. The van der Waals surface area contributed by atoms with Crippen LogP contribution >= 0.6 is 0 Å². The van der Waals surface area contributed by atoms with Crippen LogP contribution in [0.5, 0.6) is 0 Å². The molecule has 0 aromatic heterocycles. The maximum atomic E-state index is 12.1. The molecule has 1 saturated carbocycles. The molecule has 108 valence electrons. The summed E-state index contributed by atoms with van der Waals surface area (Å²) >= 11 is 0. The van der Waals surface area contributed by atoms with Crippen LogP contribution in [0, 0.1) is 16.7 Å². The second-order valence-corrected chi connectivity index (χ2v) is 6.05. The number of nitriles is 1.